The fourth-order valence-corrected chi connectivity index (χ4v) is 5.58. The Balaban J connectivity index is 1.45. The molecule has 10 nitrogen and oxygen atoms in total. The van der Waals surface area contributed by atoms with Gasteiger partial charge < -0.3 is 19.1 Å². The molecular weight excluding hydrogens is 547 g/mol. The number of aromatic amines is 1. The number of fused-ring (bicyclic) bond motifs is 2. The minimum absolute atomic E-state index is 0.0558. The third-order valence-corrected chi connectivity index (χ3v) is 7.78. The molecule has 0 spiro atoms. The first-order valence-corrected chi connectivity index (χ1v) is 13.6. The number of ether oxygens (including phenoxy) is 1. The maximum absolute atomic E-state index is 16.6. The third kappa shape index (κ3) is 4.86. The van der Waals surface area contributed by atoms with Crippen molar-refractivity contribution in [2.45, 2.75) is 20.4 Å². The highest BCUT2D eigenvalue weighted by Gasteiger charge is 2.27. The Morgan fingerprint density at radius 2 is 1.98 bits per heavy atom. The van der Waals surface area contributed by atoms with Crippen molar-refractivity contribution in [3.05, 3.63) is 71.7 Å². The molecule has 6 rings (SSSR count). The molecule has 0 saturated carbocycles. The number of aromatic nitrogens is 6. The lowest BCUT2D eigenvalue weighted by Crippen LogP contribution is -2.48. The fraction of sp³-hybridized carbons (Fsp3) is 0.276. The summed E-state index contributed by atoms with van der Waals surface area (Å²) in [4.78, 5) is 29.3. The summed E-state index contributed by atoms with van der Waals surface area (Å²) >= 11 is 6.82. The van der Waals surface area contributed by atoms with Gasteiger partial charge in [-0.15, -0.1) is 0 Å². The van der Waals surface area contributed by atoms with E-state index in [1.54, 1.807) is 23.4 Å². The molecule has 5 aromatic rings. The molecule has 0 radical (unpaired) electrons. The number of halogens is 2. The molecule has 3 aromatic heterocycles. The zero-order chi connectivity index (χ0) is 28.7. The smallest absolute Gasteiger partial charge is 0.319 e. The first kappa shape index (κ1) is 26.7. The minimum Gasteiger partial charge on any atom is -0.461 e. The standard InChI is InChI=1S/C29H28ClFN8O2/c1-4-23(40)38-9-11-39(12-10-38)28-19-15-21(30)25(24-17(2)5-6-22-20(24)16-33-36-22)26(31)27(19)34-29(35-28)41-14-13-37-8-7-32-18(37)3/h4-8,15-16H,1,9-14H2,2-3H3,(H,33,36). The summed E-state index contributed by atoms with van der Waals surface area (Å²) in [7, 11) is 0. The molecular formula is C29H28ClFN8O2. The van der Waals surface area contributed by atoms with E-state index in [-0.39, 0.29) is 34.6 Å². The number of carbonyl (C=O) groups excluding carboxylic acids is 1. The lowest BCUT2D eigenvalue weighted by atomic mass is 9.95. The molecule has 0 unspecified atom stereocenters. The Kier molecular flexibility index (Phi) is 7.04. The van der Waals surface area contributed by atoms with Gasteiger partial charge in [0.15, 0.2) is 5.82 Å². The van der Waals surface area contributed by atoms with Gasteiger partial charge in [-0.05, 0) is 37.6 Å². The van der Waals surface area contributed by atoms with Crippen LogP contribution in [0.15, 0.2) is 49.4 Å². The number of hydrogen-bond donors (Lipinski definition) is 1. The molecule has 1 N–H and O–H groups in total. The summed E-state index contributed by atoms with van der Waals surface area (Å²) < 4.78 is 24.5. The van der Waals surface area contributed by atoms with Crippen molar-refractivity contribution in [3.63, 3.8) is 0 Å². The van der Waals surface area contributed by atoms with E-state index in [0.29, 0.717) is 49.5 Å². The van der Waals surface area contributed by atoms with Crippen molar-refractivity contribution in [2.75, 3.05) is 37.7 Å². The van der Waals surface area contributed by atoms with Crippen LogP contribution in [0.1, 0.15) is 11.4 Å². The van der Waals surface area contributed by atoms with Gasteiger partial charge in [-0.1, -0.05) is 24.2 Å². The van der Waals surface area contributed by atoms with Crippen LogP contribution in [0.25, 0.3) is 32.9 Å². The summed E-state index contributed by atoms with van der Waals surface area (Å²) in [5.41, 5.74) is 2.62. The van der Waals surface area contributed by atoms with Crippen LogP contribution in [-0.2, 0) is 11.3 Å². The highest BCUT2D eigenvalue weighted by molar-refractivity contribution is 6.35. The Labute approximate surface area is 240 Å². The second kappa shape index (κ2) is 10.8. The average molecular weight is 575 g/mol. The van der Waals surface area contributed by atoms with Crippen LogP contribution in [0.3, 0.4) is 0 Å². The number of anilines is 1. The summed E-state index contributed by atoms with van der Waals surface area (Å²) in [6.07, 6.45) is 6.56. The Morgan fingerprint density at radius 3 is 2.71 bits per heavy atom. The van der Waals surface area contributed by atoms with Gasteiger partial charge >= 0.3 is 6.01 Å². The van der Waals surface area contributed by atoms with Gasteiger partial charge in [0.2, 0.25) is 5.91 Å². The molecule has 1 aliphatic heterocycles. The number of piperazine rings is 1. The number of H-pyrrole nitrogens is 1. The number of nitrogens with zero attached hydrogens (tertiary/aromatic N) is 7. The molecule has 0 bridgehead atoms. The molecule has 0 aliphatic carbocycles. The van der Waals surface area contributed by atoms with Crippen LogP contribution in [0.4, 0.5) is 10.2 Å². The number of aryl methyl sites for hydroxylation is 2. The van der Waals surface area contributed by atoms with Gasteiger partial charge in [0.05, 0.1) is 23.3 Å². The van der Waals surface area contributed by atoms with Crippen molar-refractivity contribution >= 4 is 45.1 Å². The van der Waals surface area contributed by atoms with E-state index in [9.17, 15) is 4.79 Å². The number of hydrogen-bond acceptors (Lipinski definition) is 7. The molecule has 1 aliphatic rings. The monoisotopic (exact) mass is 574 g/mol. The van der Waals surface area contributed by atoms with Gasteiger partial charge in [-0.3, -0.25) is 9.89 Å². The van der Waals surface area contributed by atoms with Crippen LogP contribution < -0.4 is 9.64 Å². The summed E-state index contributed by atoms with van der Waals surface area (Å²) in [6, 6.07) is 5.57. The molecule has 12 heteroatoms. The zero-order valence-electron chi connectivity index (χ0n) is 22.7. The van der Waals surface area contributed by atoms with Crippen LogP contribution in [0.2, 0.25) is 5.02 Å². The van der Waals surface area contributed by atoms with E-state index in [2.05, 4.69) is 26.7 Å². The SMILES string of the molecule is C=CC(=O)N1CCN(c2nc(OCCn3ccnc3C)nc3c(F)c(-c4c(C)ccc5[nH]ncc45)c(Cl)cc23)CC1. The van der Waals surface area contributed by atoms with Crippen molar-refractivity contribution < 1.29 is 13.9 Å². The van der Waals surface area contributed by atoms with E-state index in [0.717, 1.165) is 22.3 Å². The lowest BCUT2D eigenvalue weighted by Gasteiger charge is -2.35. The molecule has 4 heterocycles. The maximum Gasteiger partial charge on any atom is 0.319 e. The van der Waals surface area contributed by atoms with Gasteiger partial charge in [0.25, 0.3) is 0 Å². The summed E-state index contributed by atoms with van der Waals surface area (Å²) in [5.74, 6) is 0.664. The van der Waals surface area contributed by atoms with E-state index < -0.39 is 5.82 Å². The maximum atomic E-state index is 16.6. The molecule has 1 fully saturated rings. The molecule has 2 aromatic carbocycles. The van der Waals surface area contributed by atoms with E-state index >= 15 is 4.39 Å². The molecule has 0 atom stereocenters. The van der Waals surface area contributed by atoms with Crippen LogP contribution in [0, 0.1) is 19.7 Å². The quantitative estimate of drug-likeness (QED) is 0.281. The number of nitrogens with one attached hydrogen (secondary N) is 1. The van der Waals surface area contributed by atoms with Gasteiger partial charge in [-0.25, -0.2) is 9.37 Å². The first-order chi connectivity index (χ1) is 19.9. The van der Waals surface area contributed by atoms with E-state index in [4.69, 9.17) is 21.3 Å². The van der Waals surface area contributed by atoms with Crippen LogP contribution >= 0.6 is 11.6 Å². The number of carbonyl (C=O) groups is 1. The molecule has 210 valence electrons. The summed E-state index contributed by atoms with van der Waals surface area (Å²) in [6.45, 7) is 10.1. The van der Waals surface area contributed by atoms with E-state index in [1.807, 2.05) is 41.6 Å². The Bertz CT molecular complexity index is 1790. The molecule has 1 amide bonds. The topological polar surface area (TPSA) is 105 Å². The van der Waals surface area contributed by atoms with Crippen molar-refractivity contribution in [2.24, 2.45) is 0 Å². The second-order valence-corrected chi connectivity index (χ2v) is 10.3. The highest BCUT2D eigenvalue weighted by Crippen LogP contribution is 2.42. The van der Waals surface area contributed by atoms with Crippen molar-refractivity contribution in [1.82, 2.24) is 34.6 Å². The molecule has 1 saturated heterocycles. The number of amides is 1. The van der Waals surface area contributed by atoms with Crippen molar-refractivity contribution in [1.29, 1.82) is 0 Å². The zero-order valence-corrected chi connectivity index (χ0v) is 23.5. The minimum atomic E-state index is -0.566. The Hall–Kier alpha value is -4.51. The number of imidazole rings is 1. The molecule has 41 heavy (non-hydrogen) atoms. The Morgan fingerprint density at radius 1 is 1.17 bits per heavy atom. The third-order valence-electron chi connectivity index (χ3n) is 7.48. The highest BCUT2D eigenvalue weighted by atomic mass is 35.5. The van der Waals surface area contributed by atoms with Gasteiger partial charge in [0.1, 0.15) is 23.8 Å². The van der Waals surface area contributed by atoms with Crippen molar-refractivity contribution in [3.8, 4) is 17.1 Å². The van der Waals surface area contributed by atoms with Crippen LogP contribution in [0.5, 0.6) is 6.01 Å². The van der Waals surface area contributed by atoms with Gasteiger partial charge in [-0.2, -0.15) is 15.1 Å². The predicted molar refractivity (Wildman–Crippen MR) is 156 cm³/mol. The summed E-state index contributed by atoms with van der Waals surface area (Å²) in [5, 5.41) is 8.55. The number of benzene rings is 2. The second-order valence-electron chi connectivity index (χ2n) is 9.89. The normalized spacial score (nSPS) is 13.8. The van der Waals surface area contributed by atoms with E-state index in [1.165, 1.54) is 6.08 Å². The fourth-order valence-electron chi connectivity index (χ4n) is 5.30. The van der Waals surface area contributed by atoms with Crippen LogP contribution in [-0.4, -0.2) is 73.3 Å². The predicted octanol–water partition coefficient (Wildman–Crippen LogP) is 4.69. The number of rotatable bonds is 7. The van der Waals surface area contributed by atoms with Gasteiger partial charge in [0, 0.05) is 60.5 Å². The first-order valence-electron chi connectivity index (χ1n) is 13.3. The average Bonchev–Trinajstić information content (AvgIpc) is 3.62. The largest absolute Gasteiger partial charge is 0.461 e. The lowest BCUT2D eigenvalue weighted by molar-refractivity contribution is -0.126.